The third-order valence-electron chi connectivity index (χ3n) is 4.47. The van der Waals surface area contributed by atoms with Gasteiger partial charge in [-0.2, -0.15) is 0 Å². The van der Waals surface area contributed by atoms with Crippen LogP contribution in [0.1, 0.15) is 36.2 Å². The minimum Gasteiger partial charge on any atom is -0.494 e. The molecule has 3 aliphatic heterocycles. The van der Waals surface area contributed by atoms with Crippen molar-refractivity contribution in [1.82, 2.24) is 4.57 Å². The van der Waals surface area contributed by atoms with E-state index in [9.17, 15) is 10.2 Å². The van der Waals surface area contributed by atoms with Gasteiger partial charge < -0.3 is 24.4 Å². The summed E-state index contributed by atoms with van der Waals surface area (Å²) in [5.41, 5.74) is 2.09. The van der Waals surface area contributed by atoms with Crippen LogP contribution in [-0.4, -0.2) is 21.6 Å². The summed E-state index contributed by atoms with van der Waals surface area (Å²) in [5, 5.41) is 21.0. The Hall–Kier alpha value is -2.34. The Morgan fingerprint density at radius 3 is 2.33 bits per heavy atom. The van der Waals surface area contributed by atoms with E-state index < -0.39 is 0 Å². The van der Waals surface area contributed by atoms with Gasteiger partial charge in [0.2, 0.25) is 18.6 Å². The first-order chi connectivity index (χ1) is 10.2. The maximum Gasteiger partial charge on any atom is 0.231 e. The standard InChI is InChI=1S/C15H13NO5/c17-14-12-9-3-4-10(21-9)13(12)15(18)16(14)7-1-2-8-11(5-7)20-6-19-8/h1-2,5,9-10,17-18H,3-4,6H2/t9-,10+. The number of hydrogen-bond acceptors (Lipinski definition) is 5. The minimum absolute atomic E-state index is 0.0496. The number of aromatic hydroxyl groups is 2. The zero-order chi connectivity index (χ0) is 14.1. The number of benzene rings is 1. The van der Waals surface area contributed by atoms with Crippen LogP contribution in [0.15, 0.2) is 18.2 Å². The first-order valence-corrected chi connectivity index (χ1v) is 6.96. The van der Waals surface area contributed by atoms with Crippen LogP contribution < -0.4 is 9.47 Å². The van der Waals surface area contributed by atoms with Crippen LogP contribution in [-0.2, 0) is 4.74 Å². The topological polar surface area (TPSA) is 73.1 Å². The van der Waals surface area contributed by atoms with Gasteiger partial charge in [0.15, 0.2) is 11.5 Å². The summed E-state index contributed by atoms with van der Waals surface area (Å²) in [6.07, 6.45) is 1.56. The molecule has 1 saturated heterocycles. The quantitative estimate of drug-likeness (QED) is 0.843. The first kappa shape index (κ1) is 11.3. The van der Waals surface area contributed by atoms with Crippen LogP contribution in [0.4, 0.5) is 0 Å². The molecule has 0 aliphatic carbocycles. The van der Waals surface area contributed by atoms with Crippen molar-refractivity contribution in [2.45, 2.75) is 25.0 Å². The fourth-order valence-corrected chi connectivity index (χ4v) is 3.55. The molecule has 0 unspecified atom stereocenters. The second-order valence-electron chi connectivity index (χ2n) is 5.54. The monoisotopic (exact) mass is 287 g/mol. The van der Waals surface area contributed by atoms with Crippen molar-refractivity contribution in [3.8, 4) is 28.9 Å². The van der Waals surface area contributed by atoms with Crippen molar-refractivity contribution >= 4 is 0 Å². The molecule has 0 saturated carbocycles. The van der Waals surface area contributed by atoms with E-state index in [-0.39, 0.29) is 30.8 Å². The van der Waals surface area contributed by atoms with Crippen LogP contribution in [0.2, 0.25) is 0 Å². The second kappa shape index (κ2) is 3.65. The largest absolute Gasteiger partial charge is 0.494 e. The molecular weight excluding hydrogens is 274 g/mol. The lowest BCUT2D eigenvalue weighted by Crippen LogP contribution is -1.96. The van der Waals surface area contributed by atoms with Crippen molar-refractivity contribution < 1.29 is 24.4 Å². The Balaban J connectivity index is 1.71. The molecule has 21 heavy (non-hydrogen) atoms. The fourth-order valence-electron chi connectivity index (χ4n) is 3.55. The maximum atomic E-state index is 10.5. The van der Waals surface area contributed by atoms with Gasteiger partial charge in [0.05, 0.1) is 29.0 Å². The van der Waals surface area contributed by atoms with Gasteiger partial charge in [-0.05, 0) is 25.0 Å². The summed E-state index contributed by atoms with van der Waals surface area (Å²) in [6.45, 7) is 0.191. The molecule has 0 radical (unpaired) electrons. The Labute approximate surface area is 120 Å². The van der Waals surface area contributed by atoms with Gasteiger partial charge in [-0.1, -0.05) is 0 Å². The number of nitrogens with zero attached hydrogens (tertiary/aromatic N) is 1. The van der Waals surface area contributed by atoms with Crippen LogP contribution in [0.3, 0.4) is 0 Å². The minimum atomic E-state index is -0.105. The van der Waals surface area contributed by atoms with E-state index in [1.807, 2.05) is 0 Å². The third kappa shape index (κ3) is 1.30. The van der Waals surface area contributed by atoms with Crippen molar-refractivity contribution in [2.24, 2.45) is 0 Å². The van der Waals surface area contributed by atoms with Gasteiger partial charge in [0.25, 0.3) is 0 Å². The lowest BCUT2D eigenvalue weighted by atomic mass is 9.95. The van der Waals surface area contributed by atoms with E-state index in [2.05, 4.69) is 0 Å². The lowest BCUT2D eigenvalue weighted by molar-refractivity contribution is 0.0683. The van der Waals surface area contributed by atoms with Gasteiger partial charge in [-0.3, -0.25) is 4.57 Å². The fraction of sp³-hybridized carbons (Fsp3) is 0.333. The summed E-state index contributed by atoms with van der Waals surface area (Å²) in [4.78, 5) is 0. The molecule has 6 nitrogen and oxygen atoms in total. The summed E-state index contributed by atoms with van der Waals surface area (Å²) >= 11 is 0. The average Bonchev–Trinajstić information content (AvgIpc) is 3.22. The normalized spacial score (nSPS) is 24.6. The van der Waals surface area contributed by atoms with Crippen molar-refractivity contribution in [3.63, 3.8) is 0 Å². The Morgan fingerprint density at radius 1 is 0.952 bits per heavy atom. The molecule has 4 heterocycles. The molecule has 2 aromatic rings. The van der Waals surface area contributed by atoms with E-state index in [4.69, 9.17) is 14.2 Å². The zero-order valence-corrected chi connectivity index (χ0v) is 11.1. The molecule has 0 amide bonds. The average molecular weight is 287 g/mol. The molecule has 0 spiro atoms. The van der Waals surface area contributed by atoms with E-state index in [1.54, 1.807) is 18.2 Å². The summed E-state index contributed by atoms with van der Waals surface area (Å²) in [5.74, 6) is 1.38. The highest BCUT2D eigenvalue weighted by Crippen LogP contribution is 2.58. The van der Waals surface area contributed by atoms with Crippen molar-refractivity contribution in [3.05, 3.63) is 29.3 Å². The predicted octanol–water partition coefficient (Wildman–Crippen LogP) is 2.52. The second-order valence-corrected chi connectivity index (χ2v) is 5.54. The summed E-state index contributed by atoms with van der Waals surface area (Å²) in [6, 6.07) is 5.30. The van der Waals surface area contributed by atoms with E-state index in [0.29, 0.717) is 17.2 Å². The molecule has 6 heteroatoms. The van der Waals surface area contributed by atoms with E-state index >= 15 is 0 Å². The van der Waals surface area contributed by atoms with E-state index in [1.165, 1.54) is 4.57 Å². The SMILES string of the molecule is Oc1c2c(c(O)n1-c1ccc3c(c1)OCO3)[C@H]1CC[C@@H]2O1. The number of fused-ring (bicyclic) bond motifs is 6. The highest BCUT2D eigenvalue weighted by molar-refractivity contribution is 5.59. The highest BCUT2D eigenvalue weighted by atomic mass is 16.7. The smallest absolute Gasteiger partial charge is 0.231 e. The molecule has 1 aromatic carbocycles. The van der Waals surface area contributed by atoms with Crippen LogP contribution >= 0.6 is 0 Å². The van der Waals surface area contributed by atoms with Gasteiger partial charge in [-0.25, -0.2) is 0 Å². The highest BCUT2D eigenvalue weighted by Gasteiger charge is 2.45. The van der Waals surface area contributed by atoms with Crippen LogP contribution in [0.25, 0.3) is 5.69 Å². The molecule has 2 bridgehead atoms. The van der Waals surface area contributed by atoms with Gasteiger partial charge in [-0.15, -0.1) is 0 Å². The number of hydrogen-bond donors (Lipinski definition) is 2. The molecule has 108 valence electrons. The molecule has 1 fully saturated rings. The third-order valence-corrected chi connectivity index (χ3v) is 4.47. The van der Waals surface area contributed by atoms with E-state index in [0.717, 1.165) is 24.0 Å². The Kier molecular flexibility index (Phi) is 1.97. The molecule has 2 N–H and O–H groups in total. The lowest BCUT2D eigenvalue weighted by Gasteiger charge is -2.10. The predicted molar refractivity (Wildman–Crippen MR) is 71.0 cm³/mol. The van der Waals surface area contributed by atoms with Gasteiger partial charge >= 0.3 is 0 Å². The molecule has 5 rings (SSSR count). The first-order valence-electron chi connectivity index (χ1n) is 6.96. The van der Waals surface area contributed by atoms with Gasteiger partial charge in [0, 0.05) is 6.07 Å². The van der Waals surface area contributed by atoms with Gasteiger partial charge in [0.1, 0.15) is 0 Å². The zero-order valence-electron chi connectivity index (χ0n) is 11.1. The Morgan fingerprint density at radius 2 is 1.62 bits per heavy atom. The summed E-state index contributed by atoms with van der Waals surface area (Å²) < 4.78 is 17.8. The summed E-state index contributed by atoms with van der Waals surface area (Å²) in [7, 11) is 0. The number of rotatable bonds is 1. The van der Waals surface area contributed by atoms with Crippen LogP contribution in [0, 0.1) is 0 Å². The molecule has 2 atom stereocenters. The maximum absolute atomic E-state index is 10.5. The van der Waals surface area contributed by atoms with Crippen LogP contribution in [0.5, 0.6) is 23.3 Å². The molecular formula is C15H13NO5. The molecule has 1 aromatic heterocycles. The number of aromatic nitrogens is 1. The van der Waals surface area contributed by atoms with Crippen molar-refractivity contribution in [2.75, 3.05) is 6.79 Å². The number of ether oxygens (including phenoxy) is 3. The Bertz CT molecular complexity index is 732. The molecule has 3 aliphatic rings. The van der Waals surface area contributed by atoms with Crippen molar-refractivity contribution in [1.29, 1.82) is 0 Å².